The van der Waals surface area contributed by atoms with Gasteiger partial charge in [-0.15, -0.1) is 0 Å². The molecule has 0 fully saturated rings. The van der Waals surface area contributed by atoms with Crippen LogP contribution in [0.1, 0.15) is 5.56 Å². The third kappa shape index (κ3) is 3.41. The lowest BCUT2D eigenvalue weighted by Crippen LogP contribution is -2.15. The van der Waals surface area contributed by atoms with E-state index in [0.717, 1.165) is 14.9 Å². The Morgan fingerprint density at radius 3 is 2.33 bits per heavy atom. The van der Waals surface area contributed by atoms with Crippen LogP contribution in [0.2, 0.25) is 0 Å². The van der Waals surface area contributed by atoms with Crippen molar-refractivity contribution < 1.29 is 16.8 Å². The maximum absolute atomic E-state index is 13.8. The van der Waals surface area contributed by atoms with E-state index in [0.29, 0.717) is 16.5 Å². The van der Waals surface area contributed by atoms with Crippen molar-refractivity contribution in [2.24, 2.45) is 12.2 Å². The van der Waals surface area contributed by atoms with E-state index < -0.39 is 20.0 Å². The Labute approximate surface area is 190 Å². The topological polar surface area (TPSA) is 130 Å². The van der Waals surface area contributed by atoms with Gasteiger partial charge in [-0.05, 0) is 37.3 Å². The average Bonchev–Trinajstić information content (AvgIpc) is 3.34. The van der Waals surface area contributed by atoms with Gasteiger partial charge in [-0.25, -0.2) is 30.9 Å². The zero-order valence-corrected chi connectivity index (χ0v) is 19.3. The van der Waals surface area contributed by atoms with Crippen molar-refractivity contribution in [2.45, 2.75) is 16.7 Å². The molecule has 3 heterocycles. The van der Waals surface area contributed by atoms with Gasteiger partial charge in [0.1, 0.15) is 0 Å². The summed E-state index contributed by atoms with van der Waals surface area (Å²) in [6.45, 7) is 1.87. The van der Waals surface area contributed by atoms with Gasteiger partial charge in [0, 0.05) is 29.6 Å². The fourth-order valence-corrected chi connectivity index (χ4v) is 5.92. The quantitative estimate of drug-likeness (QED) is 0.420. The van der Waals surface area contributed by atoms with Crippen LogP contribution in [0, 0.1) is 6.92 Å². The Kier molecular flexibility index (Phi) is 4.67. The molecule has 0 radical (unpaired) electrons. The van der Waals surface area contributed by atoms with E-state index in [1.807, 2.05) is 6.92 Å². The summed E-state index contributed by atoms with van der Waals surface area (Å²) in [7, 11) is -6.32. The molecular weight excluding hydrogens is 462 g/mol. The molecule has 33 heavy (non-hydrogen) atoms. The number of sulfonamides is 1. The maximum Gasteiger partial charge on any atom is 0.269 e. The van der Waals surface area contributed by atoms with Crippen LogP contribution in [-0.2, 0) is 27.1 Å². The Bertz CT molecular complexity index is 1770. The Balaban J connectivity index is 1.90. The molecule has 0 saturated heterocycles. The molecular formula is C22H19N5O4S2. The van der Waals surface area contributed by atoms with Crippen LogP contribution >= 0.6 is 0 Å². The normalized spacial score (nSPS) is 12.6. The Morgan fingerprint density at radius 2 is 1.64 bits per heavy atom. The van der Waals surface area contributed by atoms with Crippen LogP contribution in [0.15, 0.2) is 76.8 Å². The lowest BCUT2D eigenvalue weighted by Gasteiger charge is -2.12. The second kappa shape index (κ2) is 7.24. The van der Waals surface area contributed by atoms with Crippen LogP contribution in [0.25, 0.3) is 33.2 Å². The number of nitrogens with two attached hydrogens (primary N) is 1. The lowest BCUT2D eigenvalue weighted by molar-refractivity contribution is 0.589. The molecule has 0 saturated carbocycles. The summed E-state index contributed by atoms with van der Waals surface area (Å²) in [6.07, 6.45) is 3.21. The van der Waals surface area contributed by atoms with E-state index in [1.54, 1.807) is 48.4 Å². The van der Waals surface area contributed by atoms with E-state index in [4.69, 9.17) is 5.14 Å². The van der Waals surface area contributed by atoms with Crippen molar-refractivity contribution in [3.63, 3.8) is 0 Å². The number of nitrogens with zero attached hydrogens (tertiary/aromatic N) is 4. The fraction of sp³-hybridized carbons (Fsp3) is 0.0909. The molecule has 0 unspecified atom stereocenters. The summed E-state index contributed by atoms with van der Waals surface area (Å²) in [6, 6.07) is 14.0. The molecule has 0 amide bonds. The van der Waals surface area contributed by atoms with Crippen molar-refractivity contribution in [3.8, 4) is 11.3 Å². The average molecular weight is 482 g/mol. The van der Waals surface area contributed by atoms with Gasteiger partial charge in [-0.3, -0.25) is 4.68 Å². The summed E-state index contributed by atoms with van der Waals surface area (Å²) in [5.41, 5.74) is 2.47. The number of aryl methyl sites for hydroxylation is 2. The van der Waals surface area contributed by atoms with Crippen LogP contribution in [-0.4, -0.2) is 35.6 Å². The van der Waals surface area contributed by atoms with Crippen LogP contribution in [0.3, 0.4) is 0 Å². The molecule has 2 aromatic carbocycles. The van der Waals surface area contributed by atoms with Gasteiger partial charge in [0.05, 0.1) is 27.2 Å². The minimum atomic E-state index is -4.09. The number of primary sulfonamides is 1. The highest BCUT2D eigenvalue weighted by atomic mass is 32.2. The molecule has 0 aliphatic rings. The summed E-state index contributed by atoms with van der Waals surface area (Å²) in [5.74, 6) is 0. The van der Waals surface area contributed by atoms with E-state index >= 15 is 0 Å². The highest BCUT2D eigenvalue weighted by Gasteiger charge is 2.27. The number of benzene rings is 2. The SMILES string of the molecule is Cc1ccc(S(=O)(=O)n2c(-c3cccc(S(N)(=O)=O)c3)cc3c4c(cnc32)cnn4C)cc1. The first-order valence-electron chi connectivity index (χ1n) is 9.85. The predicted octanol–water partition coefficient (Wildman–Crippen LogP) is 2.78. The highest BCUT2D eigenvalue weighted by Crippen LogP contribution is 2.35. The lowest BCUT2D eigenvalue weighted by atomic mass is 10.1. The second-order valence-corrected chi connectivity index (χ2v) is 11.1. The molecule has 0 spiro atoms. The Hall–Kier alpha value is -3.54. The molecule has 0 atom stereocenters. The van der Waals surface area contributed by atoms with Crippen molar-refractivity contribution in [3.05, 3.63) is 72.6 Å². The van der Waals surface area contributed by atoms with Gasteiger partial charge in [0.15, 0.2) is 5.65 Å². The monoisotopic (exact) mass is 481 g/mol. The number of hydrogen-bond acceptors (Lipinski definition) is 6. The maximum atomic E-state index is 13.8. The third-order valence-electron chi connectivity index (χ3n) is 5.50. The highest BCUT2D eigenvalue weighted by molar-refractivity contribution is 7.90. The number of pyridine rings is 1. The smallest absolute Gasteiger partial charge is 0.267 e. The fourth-order valence-electron chi connectivity index (χ4n) is 3.88. The van der Waals surface area contributed by atoms with Crippen LogP contribution < -0.4 is 5.14 Å². The molecule has 168 valence electrons. The van der Waals surface area contributed by atoms with Crippen molar-refractivity contribution >= 4 is 42.0 Å². The van der Waals surface area contributed by atoms with Gasteiger partial charge in [0.25, 0.3) is 10.0 Å². The van der Waals surface area contributed by atoms with E-state index in [9.17, 15) is 16.8 Å². The van der Waals surface area contributed by atoms with Crippen LogP contribution in [0.4, 0.5) is 0 Å². The summed E-state index contributed by atoms with van der Waals surface area (Å²) < 4.78 is 54.3. The van der Waals surface area contributed by atoms with E-state index in [2.05, 4.69) is 10.1 Å². The first-order valence-corrected chi connectivity index (χ1v) is 12.8. The molecule has 0 aliphatic carbocycles. The van der Waals surface area contributed by atoms with Crippen LogP contribution in [0.5, 0.6) is 0 Å². The number of rotatable bonds is 4. The molecule has 5 rings (SSSR count). The van der Waals surface area contributed by atoms with Crippen molar-refractivity contribution in [2.75, 3.05) is 0 Å². The summed E-state index contributed by atoms with van der Waals surface area (Å²) in [4.78, 5) is 4.40. The Morgan fingerprint density at radius 1 is 0.909 bits per heavy atom. The number of aromatic nitrogens is 4. The van der Waals surface area contributed by atoms with Crippen molar-refractivity contribution in [1.29, 1.82) is 0 Å². The molecule has 3 aromatic heterocycles. The molecule has 0 bridgehead atoms. The minimum Gasteiger partial charge on any atom is -0.267 e. The zero-order chi connectivity index (χ0) is 23.5. The van der Waals surface area contributed by atoms with Gasteiger partial charge in [0.2, 0.25) is 10.0 Å². The summed E-state index contributed by atoms with van der Waals surface area (Å²) in [5, 5.41) is 10.9. The van der Waals surface area contributed by atoms with Gasteiger partial charge < -0.3 is 0 Å². The largest absolute Gasteiger partial charge is 0.269 e. The van der Waals surface area contributed by atoms with Gasteiger partial charge in [-0.1, -0.05) is 29.8 Å². The van der Waals surface area contributed by atoms with E-state index in [1.165, 1.54) is 30.3 Å². The summed E-state index contributed by atoms with van der Waals surface area (Å²) >= 11 is 0. The molecule has 2 N–H and O–H groups in total. The second-order valence-electron chi connectivity index (χ2n) is 7.75. The van der Waals surface area contributed by atoms with E-state index in [-0.39, 0.29) is 21.1 Å². The van der Waals surface area contributed by atoms with Gasteiger partial charge >= 0.3 is 0 Å². The molecule has 11 heteroatoms. The number of fused-ring (bicyclic) bond motifs is 3. The first-order chi connectivity index (χ1) is 15.6. The molecule has 5 aromatic rings. The molecule has 0 aliphatic heterocycles. The van der Waals surface area contributed by atoms with Gasteiger partial charge in [-0.2, -0.15) is 5.10 Å². The first kappa shape index (κ1) is 21.3. The minimum absolute atomic E-state index is 0.0846. The molecule has 9 nitrogen and oxygen atoms in total. The zero-order valence-electron chi connectivity index (χ0n) is 17.7. The predicted molar refractivity (Wildman–Crippen MR) is 125 cm³/mol. The van der Waals surface area contributed by atoms with Crippen molar-refractivity contribution in [1.82, 2.24) is 18.7 Å². The number of hydrogen-bond donors (Lipinski definition) is 1. The standard InChI is InChI=1S/C22H19N5O4S2/c1-14-6-8-17(9-7-14)33(30,31)27-20(15-4-3-5-18(10-15)32(23,28)29)11-19-21-16(12-24-22(19)27)13-25-26(21)2/h3-13H,1-2H3,(H2,23,28,29). The third-order valence-corrected chi connectivity index (χ3v) is 8.13.